The van der Waals surface area contributed by atoms with E-state index < -0.39 is 33.6 Å². The predicted molar refractivity (Wildman–Crippen MR) is 137 cm³/mol. The molecule has 0 aliphatic carbocycles. The number of para-hydroxylation sites is 1. The molecule has 0 saturated carbocycles. The molecule has 1 fully saturated rings. The third-order valence-corrected chi connectivity index (χ3v) is 8.18. The van der Waals surface area contributed by atoms with Crippen LogP contribution in [0.2, 0.25) is 0 Å². The standard InChI is InChI=1S/C28H30FNO6S/c1-18-9-10-19(2)22(13-18)28(31)30-15-25(35-4)26(16-30)36-21-11-12-23(29)20(14-21)17-37(32,33)27-8-6-5-7-24(27)34-3/h5-14,25-26H,15-17H2,1-4H3. The Kier molecular flexibility index (Phi) is 7.85. The van der Waals surface area contributed by atoms with Gasteiger partial charge >= 0.3 is 0 Å². The number of aryl methyl sites for hydroxylation is 2. The van der Waals surface area contributed by atoms with Gasteiger partial charge in [-0.15, -0.1) is 0 Å². The van der Waals surface area contributed by atoms with Crippen molar-refractivity contribution >= 4 is 15.7 Å². The fourth-order valence-corrected chi connectivity index (χ4v) is 5.98. The van der Waals surface area contributed by atoms with Gasteiger partial charge in [-0.3, -0.25) is 4.79 Å². The lowest BCUT2D eigenvalue weighted by molar-refractivity contribution is 0.0339. The fourth-order valence-electron chi connectivity index (χ4n) is 4.45. The number of hydrogen-bond acceptors (Lipinski definition) is 6. The minimum Gasteiger partial charge on any atom is -0.495 e. The van der Waals surface area contributed by atoms with E-state index in [2.05, 4.69) is 0 Å². The zero-order valence-electron chi connectivity index (χ0n) is 21.2. The lowest BCUT2D eigenvalue weighted by atomic mass is 10.0. The number of hydrogen-bond donors (Lipinski definition) is 0. The molecule has 37 heavy (non-hydrogen) atoms. The molecule has 0 N–H and O–H groups in total. The summed E-state index contributed by atoms with van der Waals surface area (Å²) in [6.45, 7) is 4.44. The van der Waals surface area contributed by atoms with E-state index >= 15 is 0 Å². The summed E-state index contributed by atoms with van der Waals surface area (Å²) >= 11 is 0. The van der Waals surface area contributed by atoms with Crippen LogP contribution in [0.1, 0.15) is 27.0 Å². The molecule has 0 radical (unpaired) electrons. The third-order valence-electron chi connectivity index (χ3n) is 6.48. The second kappa shape index (κ2) is 10.9. The Balaban J connectivity index is 1.53. The highest BCUT2D eigenvalue weighted by Gasteiger charge is 2.38. The van der Waals surface area contributed by atoms with Gasteiger partial charge in [0.1, 0.15) is 34.4 Å². The Bertz CT molecular complexity index is 1410. The molecule has 1 aliphatic heterocycles. The summed E-state index contributed by atoms with van der Waals surface area (Å²) in [7, 11) is -0.970. The number of halogens is 1. The van der Waals surface area contributed by atoms with Crippen LogP contribution >= 0.6 is 0 Å². The summed E-state index contributed by atoms with van der Waals surface area (Å²) in [4.78, 5) is 14.9. The van der Waals surface area contributed by atoms with Crippen molar-refractivity contribution in [1.82, 2.24) is 4.90 Å². The van der Waals surface area contributed by atoms with E-state index in [0.717, 1.165) is 11.1 Å². The summed E-state index contributed by atoms with van der Waals surface area (Å²) in [6, 6.07) is 16.0. The summed E-state index contributed by atoms with van der Waals surface area (Å²) in [6.07, 6.45) is -0.914. The Morgan fingerprint density at radius 1 is 1.00 bits per heavy atom. The maximum Gasteiger partial charge on any atom is 0.254 e. The zero-order chi connectivity index (χ0) is 26.7. The Hall–Kier alpha value is -3.43. The van der Waals surface area contributed by atoms with E-state index in [1.807, 2.05) is 32.0 Å². The van der Waals surface area contributed by atoms with Gasteiger partial charge in [0, 0.05) is 18.2 Å². The zero-order valence-corrected chi connectivity index (χ0v) is 22.0. The monoisotopic (exact) mass is 527 g/mol. The minimum absolute atomic E-state index is 0.0148. The molecule has 4 rings (SSSR count). The van der Waals surface area contributed by atoms with Gasteiger partial charge in [-0.2, -0.15) is 0 Å². The lowest BCUT2D eigenvalue weighted by Gasteiger charge is -2.19. The van der Waals surface area contributed by atoms with Crippen LogP contribution < -0.4 is 9.47 Å². The van der Waals surface area contributed by atoms with Gasteiger partial charge in [0.2, 0.25) is 0 Å². The van der Waals surface area contributed by atoms with Crippen molar-refractivity contribution in [2.45, 2.75) is 36.7 Å². The largest absolute Gasteiger partial charge is 0.495 e. The number of amides is 1. The van der Waals surface area contributed by atoms with Crippen molar-refractivity contribution in [2.24, 2.45) is 0 Å². The average Bonchev–Trinajstić information content (AvgIpc) is 3.29. The fraction of sp³-hybridized carbons (Fsp3) is 0.321. The van der Waals surface area contributed by atoms with E-state index in [-0.39, 0.29) is 28.7 Å². The Labute approximate surface area is 216 Å². The summed E-state index contributed by atoms with van der Waals surface area (Å²) < 4.78 is 57.6. The number of carbonyl (C=O) groups excluding carboxylic acids is 1. The summed E-state index contributed by atoms with van der Waals surface area (Å²) in [5, 5.41) is 0. The molecule has 1 saturated heterocycles. The van der Waals surface area contributed by atoms with Crippen molar-refractivity contribution in [3.8, 4) is 11.5 Å². The number of carbonyl (C=O) groups is 1. The first-order valence-corrected chi connectivity index (χ1v) is 13.5. The van der Waals surface area contributed by atoms with Gasteiger partial charge < -0.3 is 19.1 Å². The highest BCUT2D eigenvalue weighted by atomic mass is 32.2. The molecule has 2 atom stereocenters. The van der Waals surface area contributed by atoms with Gasteiger partial charge in [0.15, 0.2) is 9.84 Å². The molecule has 3 aromatic carbocycles. The molecular weight excluding hydrogens is 497 g/mol. The Morgan fingerprint density at radius 3 is 2.46 bits per heavy atom. The van der Waals surface area contributed by atoms with Crippen LogP contribution in [0.25, 0.3) is 0 Å². The van der Waals surface area contributed by atoms with E-state index in [4.69, 9.17) is 14.2 Å². The molecule has 0 aromatic heterocycles. The summed E-state index contributed by atoms with van der Waals surface area (Å²) in [5.41, 5.74) is 2.47. The number of likely N-dealkylation sites (tertiary alicyclic amines) is 1. The van der Waals surface area contributed by atoms with Gasteiger partial charge in [-0.1, -0.05) is 29.8 Å². The van der Waals surface area contributed by atoms with E-state index in [1.54, 1.807) is 30.2 Å². The van der Waals surface area contributed by atoms with Crippen molar-refractivity contribution < 1.29 is 31.8 Å². The maximum absolute atomic E-state index is 14.7. The van der Waals surface area contributed by atoms with E-state index in [0.29, 0.717) is 17.9 Å². The Morgan fingerprint density at radius 2 is 1.73 bits per heavy atom. The molecule has 9 heteroatoms. The smallest absolute Gasteiger partial charge is 0.254 e. The molecular formula is C28H30FNO6S. The first-order chi connectivity index (χ1) is 17.6. The van der Waals surface area contributed by atoms with Crippen LogP contribution in [0.4, 0.5) is 4.39 Å². The van der Waals surface area contributed by atoms with Gasteiger partial charge in [0.05, 0.1) is 26.0 Å². The highest BCUT2D eigenvalue weighted by molar-refractivity contribution is 7.90. The van der Waals surface area contributed by atoms with Crippen molar-refractivity contribution in [1.29, 1.82) is 0 Å². The molecule has 2 unspecified atom stereocenters. The number of sulfone groups is 1. The van der Waals surface area contributed by atoms with Crippen LogP contribution in [0.15, 0.2) is 65.6 Å². The number of ether oxygens (including phenoxy) is 3. The molecule has 7 nitrogen and oxygen atoms in total. The first-order valence-electron chi connectivity index (χ1n) is 11.8. The predicted octanol–water partition coefficient (Wildman–Crippen LogP) is 4.34. The average molecular weight is 528 g/mol. The minimum atomic E-state index is -3.89. The summed E-state index contributed by atoms with van der Waals surface area (Å²) in [5.74, 6) is -0.853. The normalized spacial score (nSPS) is 17.6. The molecule has 1 aliphatic rings. The lowest BCUT2D eigenvalue weighted by Crippen LogP contribution is -2.32. The van der Waals surface area contributed by atoms with Crippen molar-refractivity contribution in [3.05, 3.63) is 88.7 Å². The SMILES string of the molecule is COc1ccccc1S(=O)(=O)Cc1cc(OC2CN(C(=O)c3cc(C)ccc3C)CC2OC)ccc1F. The van der Waals surface area contributed by atoms with Crippen LogP contribution in [0, 0.1) is 19.7 Å². The number of nitrogens with zero attached hydrogens (tertiary/aromatic N) is 1. The number of rotatable bonds is 8. The molecule has 1 amide bonds. The van der Waals surface area contributed by atoms with Gasteiger partial charge in [-0.05, 0) is 55.8 Å². The van der Waals surface area contributed by atoms with Gasteiger partial charge in [0.25, 0.3) is 5.91 Å². The van der Waals surface area contributed by atoms with Crippen molar-refractivity contribution in [3.63, 3.8) is 0 Å². The second-order valence-electron chi connectivity index (χ2n) is 9.12. The molecule has 3 aromatic rings. The second-order valence-corrected chi connectivity index (χ2v) is 11.1. The van der Waals surface area contributed by atoms with Crippen molar-refractivity contribution in [2.75, 3.05) is 27.3 Å². The van der Waals surface area contributed by atoms with E-state index in [1.165, 1.54) is 31.4 Å². The topological polar surface area (TPSA) is 82.1 Å². The highest BCUT2D eigenvalue weighted by Crippen LogP contribution is 2.29. The maximum atomic E-state index is 14.7. The van der Waals surface area contributed by atoms with E-state index in [9.17, 15) is 17.6 Å². The van der Waals surface area contributed by atoms with Crippen LogP contribution in [0.5, 0.6) is 11.5 Å². The van der Waals surface area contributed by atoms with Gasteiger partial charge in [-0.25, -0.2) is 12.8 Å². The van der Waals surface area contributed by atoms with Crippen LogP contribution in [-0.2, 0) is 20.3 Å². The molecule has 0 spiro atoms. The van der Waals surface area contributed by atoms with Crippen LogP contribution in [0.3, 0.4) is 0 Å². The molecule has 196 valence electrons. The molecule has 0 bridgehead atoms. The number of benzene rings is 3. The molecule has 1 heterocycles. The van der Waals surface area contributed by atoms with Crippen LogP contribution in [-0.4, -0.2) is 58.7 Å². The third kappa shape index (κ3) is 5.78. The first kappa shape index (κ1) is 26.6. The quantitative estimate of drug-likeness (QED) is 0.434. The number of methoxy groups -OCH3 is 2.